The summed E-state index contributed by atoms with van der Waals surface area (Å²) in [6, 6.07) is 3.44. The number of ketones is 1. The fraction of sp³-hybridized carbons (Fsp3) is 0.286. The number of thiazole rings is 1. The van der Waals surface area contributed by atoms with Gasteiger partial charge >= 0.3 is 0 Å². The first-order chi connectivity index (χ1) is 9.11. The average Bonchev–Trinajstić information content (AvgIpc) is 2.71. The van der Waals surface area contributed by atoms with Crippen LogP contribution >= 0.6 is 11.3 Å². The molecule has 2 nitrogen and oxygen atoms in total. The van der Waals surface area contributed by atoms with Crippen molar-refractivity contribution in [3.05, 3.63) is 51.0 Å². The molecule has 0 spiro atoms. The Balaban J connectivity index is 1.89. The number of aromatic nitrogens is 1. The summed E-state index contributed by atoms with van der Waals surface area (Å²) in [5.74, 6) is -1.10. The van der Waals surface area contributed by atoms with Crippen LogP contribution in [0.25, 0.3) is 0 Å². The molecule has 1 heterocycles. The number of carbonyl (C=O) groups is 1. The van der Waals surface area contributed by atoms with Gasteiger partial charge in [-0.25, -0.2) is 13.8 Å². The van der Waals surface area contributed by atoms with Crippen molar-refractivity contribution < 1.29 is 13.6 Å². The van der Waals surface area contributed by atoms with E-state index < -0.39 is 11.6 Å². The standard InChI is InChI=1S/C14H11F2NOS/c15-9-4-8(5-10(16)7-9)6-13-17-14-11(18)2-1-3-12(14)19-13/h4-5,7H,1-3,6H2. The Kier molecular flexibility index (Phi) is 3.14. The Labute approximate surface area is 113 Å². The highest BCUT2D eigenvalue weighted by Crippen LogP contribution is 2.28. The molecule has 5 heteroatoms. The first kappa shape index (κ1) is 12.4. The van der Waals surface area contributed by atoms with Gasteiger partial charge in [-0.15, -0.1) is 11.3 Å². The molecule has 0 unspecified atom stereocenters. The van der Waals surface area contributed by atoms with E-state index in [9.17, 15) is 13.6 Å². The summed E-state index contributed by atoms with van der Waals surface area (Å²) in [5.41, 5.74) is 1.10. The van der Waals surface area contributed by atoms with Crippen molar-refractivity contribution in [2.45, 2.75) is 25.7 Å². The molecule has 1 aliphatic carbocycles. The predicted molar refractivity (Wildman–Crippen MR) is 68.5 cm³/mol. The fourth-order valence-corrected chi connectivity index (χ4v) is 3.44. The number of carbonyl (C=O) groups excluding carboxylic acids is 1. The summed E-state index contributed by atoms with van der Waals surface area (Å²) in [6.45, 7) is 0. The normalized spacial score (nSPS) is 14.5. The van der Waals surface area contributed by atoms with Crippen molar-refractivity contribution in [2.24, 2.45) is 0 Å². The zero-order chi connectivity index (χ0) is 13.4. The molecule has 3 rings (SSSR count). The van der Waals surface area contributed by atoms with E-state index in [1.54, 1.807) is 0 Å². The average molecular weight is 279 g/mol. The third-order valence-electron chi connectivity index (χ3n) is 3.09. The summed E-state index contributed by atoms with van der Waals surface area (Å²) in [5, 5.41) is 0.741. The molecule has 2 aromatic rings. The SMILES string of the molecule is O=C1CCCc2sc(Cc3cc(F)cc(F)c3)nc21. The van der Waals surface area contributed by atoms with E-state index in [1.807, 2.05) is 0 Å². The Hall–Kier alpha value is -1.62. The number of Topliss-reactive ketones (excluding diaryl/α,β-unsaturated/α-hetero) is 1. The number of hydrogen-bond donors (Lipinski definition) is 0. The van der Waals surface area contributed by atoms with Crippen LogP contribution in [0, 0.1) is 11.6 Å². The zero-order valence-electron chi connectivity index (χ0n) is 10.1. The van der Waals surface area contributed by atoms with Crippen molar-refractivity contribution in [1.82, 2.24) is 4.98 Å². The number of rotatable bonds is 2. The van der Waals surface area contributed by atoms with Crippen molar-refractivity contribution in [2.75, 3.05) is 0 Å². The van der Waals surface area contributed by atoms with Gasteiger partial charge in [0, 0.05) is 23.8 Å². The van der Waals surface area contributed by atoms with Gasteiger partial charge in [-0.3, -0.25) is 4.79 Å². The molecule has 0 saturated heterocycles. The number of hydrogen-bond acceptors (Lipinski definition) is 3. The van der Waals surface area contributed by atoms with Crippen LogP contribution in [0.2, 0.25) is 0 Å². The smallest absolute Gasteiger partial charge is 0.182 e. The highest BCUT2D eigenvalue weighted by molar-refractivity contribution is 7.12. The second-order valence-corrected chi connectivity index (χ2v) is 5.78. The summed E-state index contributed by atoms with van der Waals surface area (Å²) < 4.78 is 26.2. The lowest BCUT2D eigenvalue weighted by atomic mass is 10.0. The lowest BCUT2D eigenvalue weighted by molar-refractivity contribution is 0.0968. The molecule has 0 N–H and O–H groups in total. The lowest BCUT2D eigenvalue weighted by Gasteiger charge is -2.06. The molecule has 0 bridgehead atoms. The molecular formula is C14H11F2NOS. The first-order valence-corrected chi connectivity index (χ1v) is 6.90. The predicted octanol–water partition coefficient (Wildman–Crippen LogP) is 3.53. The number of nitrogens with zero attached hydrogens (tertiary/aromatic N) is 1. The number of aryl methyl sites for hydroxylation is 1. The molecule has 0 saturated carbocycles. The van der Waals surface area contributed by atoms with E-state index in [0.717, 1.165) is 28.8 Å². The van der Waals surface area contributed by atoms with E-state index >= 15 is 0 Å². The fourth-order valence-electron chi connectivity index (χ4n) is 2.28. The molecule has 1 aromatic heterocycles. The molecule has 0 amide bonds. The lowest BCUT2D eigenvalue weighted by Crippen LogP contribution is -2.08. The molecule has 98 valence electrons. The maximum absolute atomic E-state index is 13.1. The van der Waals surface area contributed by atoms with Crippen LogP contribution in [-0.2, 0) is 12.8 Å². The summed E-state index contributed by atoms with van der Waals surface area (Å²) in [4.78, 5) is 17.0. The third kappa shape index (κ3) is 2.56. The van der Waals surface area contributed by atoms with Crippen LogP contribution in [-0.4, -0.2) is 10.8 Å². The maximum Gasteiger partial charge on any atom is 0.182 e. The van der Waals surface area contributed by atoms with E-state index in [-0.39, 0.29) is 5.78 Å². The van der Waals surface area contributed by atoms with E-state index in [4.69, 9.17) is 0 Å². The number of fused-ring (bicyclic) bond motifs is 1. The Morgan fingerprint density at radius 2 is 1.89 bits per heavy atom. The minimum atomic E-state index is -0.590. The summed E-state index contributed by atoms with van der Waals surface area (Å²) >= 11 is 1.47. The van der Waals surface area contributed by atoms with Gasteiger partial charge in [0.2, 0.25) is 0 Å². The quantitative estimate of drug-likeness (QED) is 0.841. The molecule has 0 atom stereocenters. The minimum Gasteiger partial charge on any atom is -0.292 e. The summed E-state index contributed by atoms with van der Waals surface area (Å²) in [6.07, 6.45) is 2.64. The Morgan fingerprint density at radius 1 is 1.16 bits per heavy atom. The van der Waals surface area contributed by atoms with Crippen LogP contribution in [0.1, 0.15) is 38.8 Å². The largest absolute Gasteiger partial charge is 0.292 e. The van der Waals surface area contributed by atoms with Crippen molar-refractivity contribution in [3.63, 3.8) is 0 Å². The molecule has 0 fully saturated rings. The van der Waals surface area contributed by atoms with Gasteiger partial charge in [0.25, 0.3) is 0 Å². The van der Waals surface area contributed by atoms with Gasteiger partial charge in [0.15, 0.2) is 5.78 Å². The Bertz CT molecular complexity index is 631. The topological polar surface area (TPSA) is 30.0 Å². The van der Waals surface area contributed by atoms with Crippen LogP contribution in [0.3, 0.4) is 0 Å². The second kappa shape index (κ2) is 4.81. The first-order valence-electron chi connectivity index (χ1n) is 6.08. The van der Waals surface area contributed by atoms with Crippen molar-refractivity contribution >= 4 is 17.1 Å². The van der Waals surface area contributed by atoms with Crippen molar-refractivity contribution in [3.8, 4) is 0 Å². The third-order valence-corrected chi connectivity index (χ3v) is 4.21. The van der Waals surface area contributed by atoms with Gasteiger partial charge < -0.3 is 0 Å². The van der Waals surface area contributed by atoms with Gasteiger partial charge in [0.05, 0.1) is 5.01 Å². The van der Waals surface area contributed by atoms with Crippen LogP contribution < -0.4 is 0 Å². The van der Waals surface area contributed by atoms with E-state index in [1.165, 1.54) is 23.5 Å². The van der Waals surface area contributed by atoms with E-state index in [0.29, 0.717) is 24.1 Å². The Morgan fingerprint density at radius 3 is 2.58 bits per heavy atom. The molecule has 1 aliphatic rings. The number of benzene rings is 1. The maximum atomic E-state index is 13.1. The second-order valence-electron chi connectivity index (χ2n) is 4.61. The van der Waals surface area contributed by atoms with Gasteiger partial charge in [0.1, 0.15) is 17.3 Å². The zero-order valence-corrected chi connectivity index (χ0v) is 10.9. The van der Waals surface area contributed by atoms with Gasteiger partial charge in [-0.2, -0.15) is 0 Å². The van der Waals surface area contributed by atoms with Gasteiger partial charge in [-0.1, -0.05) is 0 Å². The monoisotopic (exact) mass is 279 g/mol. The van der Waals surface area contributed by atoms with Crippen LogP contribution in [0.15, 0.2) is 18.2 Å². The highest BCUT2D eigenvalue weighted by atomic mass is 32.1. The number of halogens is 2. The van der Waals surface area contributed by atoms with E-state index in [2.05, 4.69) is 4.98 Å². The molecular weight excluding hydrogens is 268 g/mol. The van der Waals surface area contributed by atoms with Crippen LogP contribution in [0.4, 0.5) is 8.78 Å². The van der Waals surface area contributed by atoms with Gasteiger partial charge in [-0.05, 0) is 30.5 Å². The summed E-state index contributed by atoms with van der Waals surface area (Å²) in [7, 11) is 0. The molecule has 19 heavy (non-hydrogen) atoms. The highest BCUT2D eigenvalue weighted by Gasteiger charge is 2.22. The van der Waals surface area contributed by atoms with Crippen molar-refractivity contribution in [1.29, 1.82) is 0 Å². The molecule has 0 radical (unpaired) electrons. The minimum absolute atomic E-state index is 0.0779. The molecule has 0 aliphatic heterocycles. The van der Waals surface area contributed by atoms with Crippen LogP contribution in [0.5, 0.6) is 0 Å². The molecule has 1 aromatic carbocycles.